The molecule has 0 saturated heterocycles. The first kappa shape index (κ1) is 44.7. The van der Waals surface area contributed by atoms with Crippen LogP contribution in [0.3, 0.4) is 0 Å². The predicted molar refractivity (Wildman–Crippen MR) is 193 cm³/mol. The summed E-state index contributed by atoms with van der Waals surface area (Å²) in [7, 11) is 0. The summed E-state index contributed by atoms with van der Waals surface area (Å²) in [6.45, 7) is 4.51. The number of rotatable bonds is 34. The van der Waals surface area contributed by atoms with E-state index in [0.717, 1.165) is 17.7 Å². The molecule has 286 valence electrons. The molecule has 0 fully saturated rings. The van der Waals surface area contributed by atoms with Gasteiger partial charge in [0.2, 0.25) is 23.6 Å². The van der Waals surface area contributed by atoms with Crippen LogP contribution in [-0.2, 0) is 38.2 Å². The van der Waals surface area contributed by atoms with Gasteiger partial charge in [0.25, 0.3) is 11.8 Å². The average Bonchev–Trinajstić information content (AvgIpc) is 3.42. The van der Waals surface area contributed by atoms with Crippen LogP contribution in [0.4, 0.5) is 0 Å². The van der Waals surface area contributed by atoms with E-state index in [2.05, 4.69) is 28.2 Å². The number of ether oxygens (including phenoxy) is 2. The molecule has 0 aromatic rings. The van der Waals surface area contributed by atoms with Crippen LogP contribution in [0.5, 0.6) is 0 Å². The first-order valence-electron chi connectivity index (χ1n) is 19.1. The van der Waals surface area contributed by atoms with Gasteiger partial charge in [-0.25, -0.2) is 0 Å². The minimum Gasteiger partial charge on any atom is -0.379 e. The van der Waals surface area contributed by atoms with E-state index in [0.29, 0.717) is 26.1 Å². The lowest BCUT2D eigenvalue weighted by molar-refractivity contribution is -0.137. The van der Waals surface area contributed by atoms with Crippen molar-refractivity contribution in [1.29, 1.82) is 0 Å². The Bertz CT molecular complexity index is 988. The van der Waals surface area contributed by atoms with E-state index in [4.69, 9.17) is 9.47 Å². The Kier molecular flexibility index (Phi) is 28.3. The molecule has 1 aliphatic rings. The number of unbranched alkanes of at least 4 members (excludes halogenated alkanes) is 14. The summed E-state index contributed by atoms with van der Waals surface area (Å²) in [6, 6.07) is 0. The molecule has 1 rings (SSSR count). The summed E-state index contributed by atoms with van der Waals surface area (Å²) in [5, 5.41) is 11.0. The van der Waals surface area contributed by atoms with Gasteiger partial charge in [-0.15, -0.1) is 0 Å². The fourth-order valence-electron chi connectivity index (χ4n) is 5.34. The van der Waals surface area contributed by atoms with Crippen molar-refractivity contribution in [2.45, 2.75) is 129 Å². The zero-order valence-corrected chi connectivity index (χ0v) is 30.7. The standard InChI is InChI=1S/C37H65N5O8/c1-2-3-4-5-6-7-8-9-10-11-12-13-14-15-16-17-32(43)38-23-24-39-34(45)21-28-49-31-26-41-35(46)22-29-50-30-25-40-33(44)20-27-42-36(47)18-19-37(42)48/h18-19H,2-17,20-31H2,1H3,(H,38,43)(H,39,45)(H,40,44)(H,41,46). The zero-order valence-electron chi connectivity index (χ0n) is 30.7. The average molecular weight is 708 g/mol. The number of imide groups is 1. The van der Waals surface area contributed by atoms with Crippen molar-refractivity contribution in [2.75, 3.05) is 59.2 Å². The van der Waals surface area contributed by atoms with Gasteiger partial charge >= 0.3 is 0 Å². The van der Waals surface area contributed by atoms with Gasteiger partial charge < -0.3 is 30.7 Å². The molecule has 4 N–H and O–H groups in total. The molecule has 6 amide bonds. The van der Waals surface area contributed by atoms with Gasteiger partial charge in [0.1, 0.15) is 0 Å². The van der Waals surface area contributed by atoms with Crippen LogP contribution < -0.4 is 21.3 Å². The Morgan fingerprint density at radius 2 is 0.840 bits per heavy atom. The van der Waals surface area contributed by atoms with E-state index >= 15 is 0 Å². The summed E-state index contributed by atoms with van der Waals surface area (Å²) in [6.07, 6.45) is 22.7. The van der Waals surface area contributed by atoms with Gasteiger partial charge in [0, 0.05) is 70.6 Å². The van der Waals surface area contributed by atoms with Gasteiger partial charge in [-0.2, -0.15) is 0 Å². The molecule has 0 saturated carbocycles. The second-order valence-corrected chi connectivity index (χ2v) is 12.7. The Balaban J connectivity index is 1.80. The van der Waals surface area contributed by atoms with Crippen molar-refractivity contribution >= 4 is 35.4 Å². The van der Waals surface area contributed by atoms with Crippen molar-refractivity contribution in [1.82, 2.24) is 26.2 Å². The van der Waals surface area contributed by atoms with E-state index < -0.39 is 11.8 Å². The zero-order chi connectivity index (χ0) is 36.5. The van der Waals surface area contributed by atoms with Crippen LogP contribution in [0.25, 0.3) is 0 Å². The monoisotopic (exact) mass is 707 g/mol. The van der Waals surface area contributed by atoms with Gasteiger partial charge in [-0.05, 0) is 6.42 Å². The summed E-state index contributed by atoms with van der Waals surface area (Å²) < 4.78 is 10.7. The lowest BCUT2D eigenvalue weighted by Gasteiger charge is -2.13. The minimum absolute atomic E-state index is 0.00754. The van der Waals surface area contributed by atoms with Gasteiger partial charge in [-0.3, -0.25) is 33.7 Å². The molecule has 0 aromatic carbocycles. The van der Waals surface area contributed by atoms with E-state index in [-0.39, 0.29) is 82.4 Å². The fraction of sp³-hybridized carbons (Fsp3) is 0.784. The number of hydrogen-bond acceptors (Lipinski definition) is 8. The third kappa shape index (κ3) is 26.5. The van der Waals surface area contributed by atoms with Crippen LogP contribution in [-0.4, -0.2) is 99.5 Å². The molecule has 50 heavy (non-hydrogen) atoms. The first-order valence-corrected chi connectivity index (χ1v) is 19.1. The summed E-state index contributed by atoms with van der Waals surface area (Å²) in [5.41, 5.74) is 0. The SMILES string of the molecule is CCCCCCCCCCCCCCCCCC(=O)NCCNC(=O)CCOCCNC(=O)CCOCCNC(=O)CCN1C(=O)C=CC1=O. The van der Waals surface area contributed by atoms with Crippen LogP contribution in [0.2, 0.25) is 0 Å². The van der Waals surface area contributed by atoms with E-state index in [9.17, 15) is 28.8 Å². The summed E-state index contributed by atoms with van der Waals surface area (Å²) >= 11 is 0. The fourth-order valence-corrected chi connectivity index (χ4v) is 5.34. The summed E-state index contributed by atoms with van der Waals surface area (Å²) in [5.74, 6) is -1.49. The highest BCUT2D eigenvalue weighted by atomic mass is 16.5. The number of amides is 6. The Labute approximate surface area is 299 Å². The lowest BCUT2D eigenvalue weighted by atomic mass is 10.0. The largest absolute Gasteiger partial charge is 0.379 e. The van der Waals surface area contributed by atoms with Crippen molar-refractivity contribution in [3.8, 4) is 0 Å². The molecule has 0 aliphatic carbocycles. The highest BCUT2D eigenvalue weighted by molar-refractivity contribution is 6.13. The molecule has 0 radical (unpaired) electrons. The molecule has 0 atom stereocenters. The topological polar surface area (TPSA) is 172 Å². The third-order valence-corrected chi connectivity index (χ3v) is 8.32. The van der Waals surface area contributed by atoms with Crippen molar-refractivity contribution in [3.63, 3.8) is 0 Å². The summed E-state index contributed by atoms with van der Waals surface area (Å²) in [4.78, 5) is 71.6. The quantitative estimate of drug-likeness (QED) is 0.0577. The Hall–Kier alpha value is -3.32. The normalized spacial score (nSPS) is 12.4. The maximum atomic E-state index is 12.0. The number of carbonyl (C=O) groups excluding carboxylic acids is 6. The molecule has 0 bridgehead atoms. The second kappa shape index (κ2) is 31.6. The Morgan fingerprint density at radius 3 is 1.28 bits per heavy atom. The minimum atomic E-state index is -0.423. The molecule has 1 heterocycles. The molecular formula is C37H65N5O8. The van der Waals surface area contributed by atoms with Crippen molar-refractivity contribution in [2.24, 2.45) is 0 Å². The van der Waals surface area contributed by atoms with E-state index in [1.807, 2.05) is 0 Å². The molecule has 1 aliphatic heterocycles. The van der Waals surface area contributed by atoms with Crippen molar-refractivity contribution in [3.05, 3.63) is 12.2 Å². The van der Waals surface area contributed by atoms with Crippen LogP contribution >= 0.6 is 0 Å². The van der Waals surface area contributed by atoms with E-state index in [1.54, 1.807) is 0 Å². The molecular weight excluding hydrogens is 642 g/mol. The number of nitrogens with one attached hydrogen (secondary N) is 4. The highest BCUT2D eigenvalue weighted by Crippen LogP contribution is 2.13. The first-order chi connectivity index (χ1) is 24.3. The molecule has 0 aromatic heterocycles. The van der Waals surface area contributed by atoms with Crippen LogP contribution in [0, 0.1) is 0 Å². The van der Waals surface area contributed by atoms with Crippen molar-refractivity contribution < 1.29 is 38.2 Å². The highest BCUT2D eigenvalue weighted by Gasteiger charge is 2.23. The number of nitrogens with zero attached hydrogens (tertiary/aromatic N) is 1. The van der Waals surface area contributed by atoms with E-state index in [1.165, 1.54) is 95.6 Å². The number of hydrogen-bond donors (Lipinski definition) is 4. The van der Waals surface area contributed by atoms with Gasteiger partial charge in [-0.1, -0.05) is 96.8 Å². The van der Waals surface area contributed by atoms with Gasteiger partial charge in [0.05, 0.1) is 26.4 Å². The molecule has 13 heteroatoms. The maximum Gasteiger partial charge on any atom is 0.253 e. The Morgan fingerprint density at radius 1 is 0.480 bits per heavy atom. The molecule has 13 nitrogen and oxygen atoms in total. The number of carbonyl (C=O) groups is 6. The lowest BCUT2D eigenvalue weighted by Crippen LogP contribution is -2.35. The molecule has 0 unspecified atom stereocenters. The van der Waals surface area contributed by atoms with Gasteiger partial charge in [0.15, 0.2) is 0 Å². The predicted octanol–water partition coefficient (Wildman–Crippen LogP) is 3.84. The second-order valence-electron chi connectivity index (χ2n) is 12.7. The third-order valence-electron chi connectivity index (χ3n) is 8.32. The van der Waals surface area contributed by atoms with Crippen LogP contribution in [0.15, 0.2) is 12.2 Å². The maximum absolute atomic E-state index is 12.0. The smallest absolute Gasteiger partial charge is 0.253 e. The molecule has 0 spiro atoms. The van der Waals surface area contributed by atoms with Crippen LogP contribution in [0.1, 0.15) is 129 Å².